The van der Waals surface area contributed by atoms with Crippen LogP contribution in [0.4, 0.5) is 13.2 Å². The fraction of sp³-hybridized carbons (Fsp3) is 0.357. The number of benzene rings is 3. The highest BCUT2D eigenvalue weighted by Crippen LogP contribution is 2.35. The third-order valence-electron chi connectivity index (χ3n) is 6.41. The van der Waals surface area contributed by atoms with Gasteiger partial charge in [0.1, 0.15) is 5.82 Å². The summed E-state index contributed by atoms with van der Waals surface area (Å²) in [4.78, 5) is 0. The highest BCUT2D eigenvalue weighted by Gasteiger charge is 2.23. The van der Waals surface area contributed by atoms with Crippen LogP contribution in [0.1, 0.15) is 57.1 Å². The molecule has 2 atom stereocenters. The number of halogens is 3. The van der Waals surface area contributed by atoms with E-state index in [1.165, 1.54) is 37.8 Å². The summed E-state index contributed by atoms with van der Waals surface area (Å²) in [5.41, 5.74) is 2.78. The van der Waals surface area contributed by atoms with Crippen LogP contribution >= 0.6 is 0 Å². The molecule has 0 spiro atoms. The van der Waals surface area contributed by atoms with Crippen LogP contribution < -0.4 is 0 Å². The Bertz CT molecular complexity index is 1040. The monoisotopic (exact) mass is 438 g/mol. The lowest BCUT2D eigenvalue weighted by Crippen LogP contribution is -2.20. The molecule has 1 heterocycles. The zero-order valence-corrected chi connectivity index (χ0v) is 18.4. The van der Waals surface area contributed by atoms with Crippen LogP contribution in [0.5, 0.6) is 0 Å². The smallest absolute Gasteiger partial charge is 0.166 e. The third-order valence-corrected chi connectivity index (χ3v) is 6.41. The highest BCUT2D eigenvalue weighted by molar-refractivity contribution is 5.71. The Morgan fingerprint density at radius 1 is 0.812 bits per heavy atom. The topological polar surface area (TPSA) is 9.23 Å². The van der Waals surface area contributed by atoms with Crippen molar-refractivity contribution in [3.05, 3.63) is 83.7 Å². The molecule has 0 aliphatic carbocycles. The van der Waals surface area contributed by atoms with Crippen molar-refractivity contribution in [1.29, 1.82) is 0 Å². The standard InChI is InChI=1S/C28H29F3O/c1-2-3-4-6-19-9-16-27(32-18-19)22-14-15-23(26(30)17-22)20-10-12-21(13-11-20)24-7-5-8-25(29)28(24)31/h5,7-8,10-15,17,19,27H,2-4,6,9,16,18H2,1H3. The normalized spacial score (nSPS) is 18.6. The molecule has 1 fully saturated rings. The van der Waals surface area contributed by atoms with Crippen LogP contribution in [-0.2, 0) is 4.74 Å². The molecule has 2 unspecified atom stereocenters. The van der Waals surface area contributed by atoms with E-state index in [0.29, 0.717) is 22.6 Å². The van der Waals surface area contributed by atoms with Crippen molar-refractivity contribution in [2.75, 3.05) is 6.61 Å². The van der Waals surface area contributed by atoms with Crippen LogP contribution in [-0.4, -0.2) is 6.61 Å². The SMILES string of the molecule is CCCCCC1CCC(c2ccc(-c3ccc(-c4cccc(F)c4F)cc3)c(F)c2)OC1. The maximum absolute atomic E-state index is 14.9. The summed E-state index contributed by atoms with van der Waals surface area (Å²) < 4.78 is 48.6. The number of hydrogen-bond acceptors (Lipinski definition) is 1. The maximum atomic E-state index is 14.9. The van der Waals surface area contributed by atoms with Gasteiger partial charge < -0.3 is 4.74 Å². The Kier molecular flexibility index (Phi) is 7.31. The van der Waals surface area contributed by atoms with Crippen LogP contribution in [0.25, 0.3) is 22.3 Å². The molecule has 1 aliphatic heterocycles. The second-order valence-electron chi connectivity index (χ2n) is 8.68. The van der Waals surface area contributed by atoms with Gasteiger partial charge >= 0.3 is 0 Å². The predicted octanol–water partition coefficient (Wildman–Crippen LogP) is 8.49. The molecule has 3 aromatic carbocycles. The summed E-state index contributed by atoms with van der Waals surface area (Å²) in [6.45, 7) is 2.96. The molecule has 0 aromatic heterocycles. The zero-order valence-electron chi connectivity index (χ0n) is 18.4. The molecule has 1 saturated heterocycles. The number of hydrogen-bond donors (Lipinski definition) is 0. The average Bonchev–Trinajstić information content (AvgIpc) is 2.82. The summed E-state index contributed by atoms with van der Waals surface area (Å²) in [5.74, 6) is -1.45. The van der Waals surface area contributed by atoms with Gasteiger partial charge in [-0.1, -0.05) is 74.7 Å². The molecule has 0 bridgehead atoms. The van der Waals surface area contributed by atoms with E-state index in [4.69, 9.17) is 4.74 Å². The maximum Gasteiger partial charge on any atom is 0.166 e. The van der Waals surface area contributed by atoms with Gasteiger partial charge in [0.05, 0.1) is 12.7 Å². The van der Waals surface area contributed by atoms with Crippen molar-refractivity contribution in [1.82, 2.24) is 0 Å². The lowest BCUT2D eigenvalue weighted by atomic mass is 9.90. The minimum atomic E-state index is -0.884. The Labute approximate surface area is 188 Å². The van der Waals surface area contributed by atoms with Gasteiger partial charge in [0.2, 0.25) is 0 Å². The molecule has 1 aliphatic rings. The molecule has 0 radical (unpaired) electrons. The van der Waals surface area contributed by atoms with Gasteiger partial charge in [-0.2, -0.15) is 0 Å². The van der Waals surface area contributed by atoms with Crippen LogP contribution in [0.3, 0.4) is 0 Å². The van der Waals surface area contributed by atoms with Crippen molar-refractivity contribution < 1.29 is 17.9 Å². The van der Waals surface area contributed by atoms with E-state index >= 15 is 0 Å². The first-order chi connectivity index (χ1) is 15.6. The molecule has 0 N–H and O–H groups in total. The fourth-order valence-corrected chi connectivity index (χ4v) is 4.50. The molecule has 32 heavy (non-hydrogen) atoms. The lowest BCUT2D eigenvalue weighted by Gasteiger charge is -2.29. The molecular weight excluding hydrogens is 409 g/mol. The van der Waals surface area contributed by atoms with E-state index < -0.39 is 11.6 Å². The molecular formula is C28H29F3O. The Morgan fingerprint density at radius 3 is 2.22 bits per heavy atom. The molecule has 4 heteroatoms. The first-order valence-corrected chi connectivity index (χ1v) is 11.5. The van der Waals surface area contributed by atoms with Crippen LogP contribution in [0, 0.1) is 23.4 Å². The first-order valence-electron chi connectivity index (χ1n) is 11.5. The number of unbranched alkanes of at least 4 members (excludes halogenated alkanes) is 2. The molecule has 0 saturated carbocycles. The van der Waals surface area contributed by atoms with E-state index in [-0.39, 0.29) is 17.5 Å². The van der Waals surface area contributed by atoms with Gasteiger partial charge in [-0.3, -0.25) is 0 Å². The van der Waals surface area contributed by atoms with E-state index in [2.05, 4.69) is 6.92 Å². The predicted molar refractivity (Wildman–Crippen MR) is 123 cm³/mol. The van der Waals surface area contributed by atoms with Crippen LogP contribution in [0.15, 0.2) is 60.7 Å². The zero-order chi connectivity index (χ0) is 22.5. The largest absolute Gasteiger partial charge is 0.373 e. The molecule has 168 valence electrons. The number of rotatable bonds is 7. The van der Waals surface area contributed by atoms with Gasteiger partial charge in [-0.25, -0.2) is 13.2 Å². The summed E-state index contributed by atoms with van der Waals surface area (Å²) >= 11 is 0. The van der Waals surface area contributed by atoms with Crippen molar-refractivity contribution in [2.45, 2.75) is 51.6 Å². The fourth-order valence-electron chi connectivity index (χ4n) is 4.50. The minimum Gasteiger partial charge on any atom is -0.373 e. The van der Waals surface area contributed by atoms with Crippen LogP contribution in [0.2, 0.25) is 0 Å². The van der Waals surface area contributed by atoms with Gasteiger partial charge in [0, 0.05) is 11.1 Å². The van der Waals surface area contributed by atoms with Gasteiger partial charge in [0.15, 0.2) is 11.6 Å². The highest BCUT2D eigenvalue weighted by atomic mass is 19.2. The quantitative estimate of drug-likeness (QED) is 0.336. The first kappa shape index (κ1) is 22.6. The Balaban J connectivity index is 1.44. The van der Waals surface area contributed by atoms with Crippen molar-refractivity contribution >= 4 is 0 Å². The minimum absolute atomic E-state index is 0.0562. The van der Waals surface area contributed by atoms with E-state index in [1.807, 2.05) is 6.07 Å². The lowest BCUT2D eigenvalue weighted by molar-refractivity contribution is -0.0200. The van der Waals surface area contributed by atoms with E-state index in [0.717, 1.165) is 31.1 Å². The van der Waals surface area contributed by atoms with Crippen molar-refractivity contribution in [3.63, 3.8) is 0 Å². The molecule has 0 amide bonds. The summed E-state index contributed by atoms with van der Waals surface area (Å²) in [7, 11) is 0. The summed E-state index contributed by atoms with van der Waals surface area (Å²) in [5, 5.41) is 0. The second-order valence-corrected chi connectivity index (χ2v) is 8.68. The molecule has 1 nitrogen and oxygen atoms in total. The second kappa shape index (κ2) is 10.4. The van der Waals surface area contributed by atoms with E-state index in [9.17, 15) is 13.2 Å². The third kappa shape index (κ3) is 5.07. The van der Waals surface area contributed by atoms with Gasteiger partial charge in [-0.05, 0) is 54.0 Å². The van der Waals surface area contributed by atoms with E-state index in [1.54, 1.807) is 36.4 Å². The van der Waals surface area contributed by atoms with Crippen molar-refractivity contribution in [2.24, 2.45) is 5.92 Å². The van der Waals surface area contributed by atoms with Gasteiger partial charge in [0.25, 0.3) is 0 Å². The molecule has 3 aromatic rings. The average molecular weight is 439 g/mol. The Morgan fingerprint density at radius 2 is 1.56 bits per heavy atom. The van der Waals surface area contributed by atoms with Gasteiger partial charge in [-0.15, -0.1) is 0 Å². The summed E-state index contributed by atoms with van der Waals surface area (Å²) in [6, 6.07) is 16.2. The molecule has 4 rings (SSSR count). The van der Waals surface area contributed by atoms with Crippen molar-refractivity contribution in [3.8, 4) is 22.3 Å². The Hall–Kier alpha value is -2.59. The summed E-state index contributed by atoms with van der Waals surface area (Å²) in [6.07, 6.45) is 6.95. The number of ether oxygens (including phenoxy) is 1.